The largest absolute Gasteiger partial charge is 0.497 e. The number of methoxy groups -OCH3 is 1. The van der Waals surface area contributed by atoms with Gasteiger partial charge in [0.15, 0.2) is 6.61 Å². The van der Waals surface area contributed by atoms with E-state index in [1.54, 1.807) is 18.9 Å². The third-order valence-electron chi connectivity index (χ3n) is 5.08. The summed E-state index contributed by atoms with van der Waals surface area (Å²) in [6.45, 7) is 10.5. The van der Waals surface area contributed by atoms with Crippen LogP contribution in [-0.4, -0.2) is 43.0 Å². The molecule has 0 saturated carbocycles. The fraction of sp³-hybridized carbons (Fsp3) is 0.440. The van der Waals surface area contributed by atoms with Crippen LogP contribution in [0.3, 0.4) is 0 Å². The standard InChI is InChI=1S/C25H34N2O4/c1-7-26-24(29)18(2)27(16-19-12-14-20(30-6)15-13-19)23(28)17-31-22-11-9-8-10-21(22)25(3,4)5/h8-15,18H,7,16-17H2,1-6H3,(H,26,29)/t18-/m1/s1. The van der Waals surface area contributed by atoms with Crippen LogP contribution >= 0.6 is 0 Å². The van der Waals surface area contributed by atoms with Gasteiger partial charge in [0, 0.05) is 13.1 Å². The molecule has 31 heavy (non-hydrogen) atoms. The Morgan fingerprint density at radius 1 is 1.06 bits per heavy atom. The van der Waals surface area contributed by atoms with Gasteiger partial charge in [0.25, 0.3) is 5.91 Å². The molecule has 0 aromatic heterocycles. The van der Waals surface area contributed by atoms with Gasteiger partial charge in [0.1, 0.15) is 17.5 Å². The lowest BCUT2D eigenvalue weighted by atomic mass is 9.86. The highest BCUT2D eigenvalue weighted by Crippen LogP contribution is 2.31. The molecule has 0 unspecified atom stereocenters. The topological polar surface area (TPSA) is 67.9 Å². The lowest BCUT2D eigenvalue weighted by Crippen LogP contribution is -2.49. The molecule has 0 saturated heterocycles. The molecule has 0 spiro atoms. The maximum Gasteiger partial charge on any atom is 0.261 e. The summed E-state index contributed by atoms with van der Waals surface area (Å²) >= 11 is 0. The maximum atomic E-state index is 13.2. The number of ether oxygens (including phenoxy) is 2. The maximum absolute atomic E-state index is 13.2. The molecule has 1 N–H and O–H groups in total. The van der Waals surface area contributed by atoms with Gasteiger partial charge < -0.3 is 19.7 Å². The third kappa shape index (κ3) is 6.74. The van der Waals surface area contributed by atoms with Gasteiger partial charge in [-0.2, -0.15) is 0 Å². The number of rotatable bonds is 9. The van der Waals surface area contributed by atoms with Gasteiger partial charge in [-0.15, -0.1) is 0 Å². The number of nitrogens with zero attached hydrogens (tertiary/aromatic N) is 1. The first-order valence-electron chi connectivity index (χ1n) is 10.6. The lowest BCUT2D eigenvalue weighted by molar-refractivity contribution is -0.142. The Balaban J connectivity index is 2.20. The Labute approximate surface area is 185 Å². The fourth-order valence-electron chi connectivity index (χ4n) is 3.27. The summed E-state index contributed by atoms with van der Waals surface area (Å²) in [5.74, 6) is 0.969. The lowest BCUT2D eigenvalue weighted by Gasteiger charge is -2.29. The molecule has 1 atom stereocenters. The molecule has 0 bridgehead atoms. The summed E-state index contributed by atoms with van der Waals surface area (Å²) in [4.78, 5) is 27.2. The van der Waals surface area contributed by atoms with Crippen LogP contribution in [0.15, 0.2) is 48.5 Å². The van der Waals surface area contributed by atoms with Crippen LogP contribution in [0.2, 0.25) is 0 Å². The number of nitrogens with one attached hydrogen (secondary N) is 1. The zero-order valence-corrected chi connectivity index (χ0v) is 19.4. The molecule has 168 valence electrons. The highest BCUT2D eigenvalue weighted by Gasteiger charge is 2.27. The van der Waals surface area contributed by atoms with Gasteiger partial charge in [-0.3, -0.25) is 9.59 Å². The van der Waals surface area contributed by atoms with Gasteiger partial charge in [-0.05, 0) is 48.6 Å². The zero-order chi connectivity index (χ0) is 23.0. The fourth-order valence-corrected chi connectivity index (χ4v) is 3.27. The molecule has 0 aliphatic carbocycles. The molecule has 2 rings (SSSR count). The van der Waals surface area contributed by atoms with Crippen LogP contribution in [0, 0.1) is 0 Å². The quantitative estimate of drug-likeness (QED) is 0.660. The first-order chi connectivity index (χ1) is 14.7. The second-order valence-corrected chi connectivity index (χ2v) is 8.48. The smallest absolute Gasteiger partial charge is 0.261 e. The van der Waals surface area contributed by atoms with E-state index in [-0.39, 0.29) is 23.8 Å². The first kappa shape index (κ1) is 24.3. The summed E-state index contributed by atoms with van der Waals surface area (Å²) in [6, 6.07) is 14.6. The molecule has 6 nitrogen and oxygen atoms in total. The van der Waals surface area contributed by atoms with Crippen molar-refractivity contribution in [2.75, 3.05) is 20.3 Å². The second kappa shape index (κ2) is 10.8. The molecule has 0 fully saturated rings. The average molecular weight is 427 g/mol. The van der Waals surface area contributed by atoms with Crippen molar-refractivity contribution in [1.29, 1.82) is 0 Å². The SMILES string of the molecule is CCNC(=O)[C@@H](C)N(Cc1ccc(OC)cc1)C(=O)COc1ccccc1C(C)(C)C. The summed E-state index contributed by atoms with van der Waals surface area (Å²) in [6.07, 6.45) is 0. The van der Waals surface area contributed by atoms with Crippen molar-refractivity contribution in [1.82, 2.24) is 10.2 Å². The van der Waals surface area contributed by atoms with Crippen molar-refractivity contribution in [3.8, 4) is 11.5 Å². The van der Waals surface area contributed by atoms with Gasteiger partial charge in [-0.1, -0.05) is 51.1 Å². The van der Waals surface area contributed by atoms with Gasteiger partial charge in [-0.25, -0.2) is 0 Å². The minimum atomic E-state index is -0.629. The van der Waals surface area contributed by atoms with Gasteiger partial charge >= 0.3 is 0 Å². The minimum absolute atomic E-state index is 0.114. The molecule has 6 heteroatoms. The van der Waals surface area contributed by atoms with Crippen molar-refractivity contribution in [3.05, 3.63) is 59.7 Å². The molecule has 2 amide bonds. The number of carbonyl (C=O) groups excluding carboxylic acids is 2. The van der Waals surface area contributed by atoms with Crippen molar-refractivity contribution in [2.24, 2.45) is 0 Å². The van der Waals surface area contributed by atoms with E-state index < -0.39 is 6.04 Å². The van der Waals surface area contributed by atoms with E-state index in [1.807, 2.05) is 55.5 Å². The molecular weight excluding hydrogens is 392 g/mol. The highest BCUT2D eigenvalue weighted by atomic mass is 16.5. The van der Waals surface area contributed by atoms with Gasteiger partial charge in [0.2, 0.25) is 5.91 Å². The van der Waals surface area contributed by atoms with Gasteiger partial charge in [0.05, 0.1) is 7.11 Å². The number of hydrogen-bond donors (Lipinski definition) is 1. The van der Waals surface area contributed by atoms with E-state index in [0.29, 0.717) is 18.8 Å². The number of amides is 2. The Morgan fingerprint density at radius 2 is 1.71 bits per heavy atom. The van der Waals surface area contributed by atoms with E-state index in [9.17, 15) is 9.59 Å². The van der Waals surface area contributed by atoms with E-state index in [4.69, 9.17) is 9.47 Å². The Hall–Kier alpha value is -3.02. The summed E-state index contributed by atoms with van der Waals surface area (Å²) in [5, 5.41) is 2.79. The molecule has 2 aromatic rings. The molecular formula is C25H34N2O4. The molecule has 0 radical (unpaired) electrons. The van der Waals surface area contributed by atoms with E-state index in [2.05, 4.69) is 26.1 Å². The van der Waals surface area contributed by atoms with Crippen LogP contribution in [0.25, 0.3) is 0 Å². The normalized spacial score (nSPS) is 12.1. The van der Waals surface area contributed by atoms with E-state index in [1.165, 1.54) is 0 Å². The van der Waals surface area contributed by atoms with Crippen LogP contribution in [0.5, 0.6) is 11.5 Å². The average Bonchev–Trinajstić information content (AvgIpc) is 2.75. The van der Waals surface area contributed by atoms with E-state index in [0.717, 1.165) is 16.9 Å². The Morgan fingerprint density at radius 3 is 2.29 bits per heavy atom. The van der Waals surface area contributed by atoms with Crippen LogP contribution in [-0.2, 0) is 21.5 Å². The number of hydrogen-bond acceptors (Lipinski definition) is 4. The van der Waals surface area contributed by atoms with Crippen LogP contribution < -0.4 is 14.8 Å². The van der Waals surface area contributed by atoms with Crippen molar-refractivity contribution < 1.29 is 19.1 Å². The predicted molar refractivity (Wildman–Crippen MR) is 122 cm³/mol. The Bertz CT molecular complexity index is 872. The van der Waals surface area contributed by atoms with Crippen molar-refractivity contribution in [3.63, 3.8) is 0 Å². The number of likely N-dealkylation sites (N-methyl/N-ethyl adjacent to an activating group) is 1. The van der Waals surface area contributed by atoms with Crippen LogP contribution in [0.1, 0.15) is 45.7 Å². The second-order valence-electron chi connectivity index (χ2n) is 8.48. The molecule has 0 aliphatic heterocycles. The van der Waals surface area contributed by atoms with Crippen molar-refractivity contribution >= 4 is 11.8 Å². The zero-order valence-electron chi connectivity index (χ0n) is 19.4. The highest BCUT2D eigenvalue weighted by molar-refractivity contribution is 5.87. The van der Waals surface area contributed by atoms with Crippen molar-refractivity contribution in [2.45, 2.75) is 52.6 Å². The van der Waals surface area contributed by atoms with Crippen LogP contribution in [0.4, 0.5) is 0 Å². The number of para-hydroxylation sites is 1. The molecule has 2 aromatic carbocycles. The monoisotopic (exact) mass is 426 g/mol. The summed E-state index contributed by atoms with van der Waals surface area (Å²) in [7, 11) is 1.61. The van der Waals surface area contributed by atoms with E-state index >= 15 is 0 Å². The third-order valence-corrected chi connectivity index (χ3v) is 5.08. The predicted octanol–water partition coefficient (Wildman–Crippen LogP) is 3.92. The summed E-state index contributed by atoms with van der Waals surface area (Å²) < 4.78 is 11.1. The Kier molecular flexibility index (Phi) is 8.48. The molecule has 0 aliphatic rings. The first-order valence-corrected chi connectivity index (χ1v) is 10.6. The minimum Gasteiger partial charge on any atom is -0.497 e. The number of benzene rings is 2. The molecule has 0 heterocycles. The summed E-state index contributed by atoms with van der Waals surface area (Å²) in [5.41, 5.74) is 1.82. The number of carbonyl (C=O) groups is 2.